The second-order valence-corrected chi connectivity index (χ2v) is 12.0. The van der Waals surface area contributed by atoms with E-state index in [4.69, 9.17) is 4.74 Å². The van der Waals surface area contributed by atoms with E-state index < -0.39 is 15.9 Å². The third-order valence-corrected chi connectivity index (χ3v) is 9.38. The molecule has 0 aliphatic carbocycles. The Morgan fingerprint density at radius 2 is 1.77 bits per heavy atom. The van der Waals surface area contributed by atoms with Gasteiger partial charge in [-0.25, -0.2) is 8.42 Å². The summed E-state index contributed by atoms with van der Waals surface area (Å²) < 4.78 is 33.2. The Morgan fingerprint density at radius 3 is 2.37 bits per heavy atom. The molecule has 1 aromatic carbocycles. The number of nitrogens with one attached hydrogen (secondary N) is 2. The molecular formula is C24H32N4O5S2. The number of likely N-dealkylation sites (N-methyl/N-ethyl adjacent to an activating group) is 1. The first kappa shape index (κ1) is 25.8. The maximum atomic E-state index is 13.1. The fourth-order valence-corrected chi connectivity index (χ4v) is 7.48. The molecule has 2 aliphatic rings. The van der Waals surface area contributed by atoms with E-state index in [-0.39, 0.29) is 36.1 Å². The number of hydrogen-bond acceptors (Lipinski definition) is 7. The third kappa shape index (κ3) is 5.29. The van der Waals surface area contributed by atoms with Gasteiger partial charge in [-0.2, -0.15) is 4.31 Å². The van der Waals surface area contributed by atoms with Crippen molar-refractivity contribution >= 4 is 38.2 Å². The van der Waals surface area contributed by atoms with Crippen LogP contribution in [0.4, 0.5) is 5.00 Å². The smallest absolute Gasteiger partial charge is 0.256 e. The van der Waals surface area contributed by atoms with Gasteiger partial charge in [0.05, 0.1) is 22.7 Å². The van der Waals surface area contributed by atoms with Crippen molar-refractivity contribution in [2.24, 2.45) is 0 Å². The van der Waals surface area contributed by atoms with Gasteiger partial charge in [-0.3, -0.25) is 14.5 Å². The van der Waals surface area contributed by atoms with Crippen molar-refractivity contribution in [3.05, 3.63) is 45.8 Å². The van der Waals surface area contributed by atoms with E-state index in [1.54, 1.807) is 7.05 Å². The zero-order valence-corrected chi connectivity index (χ0v) is 22.1. The minimum absolute atomic E-state index is 0.132. The highest BCUT2D eigenvalue weighted by molar-refractivity contribution is 7.89. The lowest BCUT2D eigenvalue weighted by Gasteiger charge is -2.34. The van der Waals surface area contributed by atoms with Gasteiger partial charge >= 0.3 is 0 Å². The van der Waals surface area contributed by atoms with Crippen LogP contribution in [0, 0.1) is 0 Å². The third-order valence-electron chi connectivity index (χ3n) is 6.40. The summed E-state index contributed by atoms with van der Waals surface area (Å²) in [6.45, 7) is 8.92. The number of rotatable bonds is 6. The van der Waals surface area contributed by atoms with Gasteiger partial charge in [0, 0.05) is 43.7 Å². The second-order valence-electron chi connectivity index (χ2n) is 8.96. The molecule has 35 heavy (non-hydrogen) atoms. The number of nitrogens with zero attached hydrogens (tertiary/aromatic N) is 2. The van der Waals surface area contributed by atoms with Crippen molar-refractivity contribution in [1.29, 1.82) is 0 Å². The van der Waals surface area contributed by atoms with E-state index in [0.29, 0.717) is 16.1 Å². The van der Waals surface area contributed by atoms with Crippen LogP contribution < -0.4 is 10.6 Å². The Kier molecular flexibility index (Phi) is 7.62. The monoisotopic (exact) mass is 520 g/mol. The molecule has 11 heteroatoms. The van der Waals surface area contributed by atoms with Crippen molar-refractivity contribution < 1.29 is 22.7 Å². The van der Waals surface area contributed by atoms with E-state index in [0.717, 1.165) is 36.5 Å². The van der Waals surface area contributed by atoms with E-state index in [1.807, 2.05) is 13.8 Å². The van der Waals surface area contributed by atoms with Crippen molar-refractivity contribution in [3.63, 3.8) is 0 Å². The number of ether oxygens (including phenoxy) is 1. The van der Waals surface area contributed by atoms with Crippen LogP contribution in [-0.4, -0.2) is 74.9 Å². The fourth-order valence-electron chi connectivity index (χ4n) is 4.61. The first-order valence-electron chi connectivity index (χ1n) is 11.8. The van der Waals surface area contributed by atoms with E-state index >= 15 is 0 Å². The maximum absolute atomic E-state index is 13.1. The molecule has 2 aliphatic heterocycles. The van der Waals surface area contributed by atoms with Gasteiger partial charge < -0.3 is 15.4 Å². The lowest BCUT2D eigenvalue weighted by atomic mass is 10.0. The number of morpholine rings is 1. The Hall–Kier alpha value is -2.31. The molecule has 4 rings (SSSR count). The Balaban J connectivity index is 1.54. The van der Waals surface area contributed by atoms with Gasteiger partial charge in [-0.15, -0.1) is 11.3 Å². The van der Waals surface area contributed by atoms with Crippen molar-refractivity contribution in [1.82, 2.24) is 14.5 Å². The standard InChI is InChI=1S/C24H32N4O5S2/c1-5-27-11-10-19-20(14-27)34-24(21(19)23(30)25-4)26-22(29)17-6-8-18(9-7-17)35(31,32)28-12-15(2)33-16(3)13-28/h6-9,15-16H,5,10-14H2,1-4H3,(H,25,30)(H,26,29). The number of carbonyl (C=O) groups excluding carboxylic acids is 2. The minimum atomic E-state index is -3.69. The molecule has 0 radical (unpaired) electrons. The van der Waals surface area contributed by atoms with Crippen LogP contribution in [0.25, 0.3) is 0 Å². The van der Waals surface area contributed by atoms with Crippen LogP contribution in [0.2, 0.25) is 0 Å². The summed E-state index contributed by atoms with van der Waals surface area (Å²) in [5.74, 6) is -0.614. The van der Waals surface area contributed by atoms with Crippen LogP contribution in [0.3, 0.4) is 0 Å². The molecule has 2 unspecified atom stereocenters. The van der Waals surface area contributed by atoms with Crippen molar-refractivity contribution in [2.45, 2.75) is 50.8 Å². The molecule has 2 N–H and O–H groups in total. The first-order valence-corrected chi connectivity index (χ1v) is 14.1. The zero-order chi connectivity index (χ0) is 25.3. The van der Waals surface area contributed by atoms with Gasteiger partial charge in [-0.05, 0) is 56.6 Å². The van der Waals surface area contributed by atoms with Gasteiger partial charge in [0.25, 0.3) is 11.8 Å². The highest BCUT2D eigenvalue weighted by Gasteiger charge is 2.32. The zero-order valence-electron chi connectivity index (χ0n) is 20.5. The second kappa shape index (κ2) is 10.4. The molecule has 1 fully saturated rings. The summed E-state index contributed by atoms with van der Waals surface area (Å²) in [7, 11) is -2.12. The molecule has 3 heterocycles. The number of hydrogen-bond donors (Lipinski definition) is 2. The SMILES string of the molecule is CCN1CCc2c(sc(NC(=O)c3ccc(S(=O)(=O)N4CC(C)OC(C)C4)cc3)c2C(=O)NC)C1. The highest BCUT2D eigenvalue weighted by atomic mass is 32.2. The Labute approximate surface area is 210 Å². The summed E-state index contributed by atoms with van der Waals surface area (Å²) in [5.41, 5.74) is 1.83. The van der Waals surface area contributed by atoms with Gasteiger partial charge in [-0.1, -0.05) is 6.92 Å². The molecule has 190 valence electrons. The molecule has 0 bridgehead atoms. The lowest BCUT2D eigenvalue weighted by Crippen LogP contribution is -2.48. The maximum Gasteiger partial charge on any atom is 0.256 e. The molecule has 0 saturated carbocycles. The first-order chi connectivity index (χ1) is 16.6. The minimum Gasteiger partial charge on any atom is -0.373 e. The molecule has 2 atom stereocenters. The molecule has 1 aromatic heterocycles. The molecule has 9 nitrogen and oxygen atoms in total. The molecule has 2 aromatic rings. The van der Waals surface area contributed by atoms with Gasteiger partial charge in [0.2, 0.25) is 10.0 Å². The van der Waals surface area contributed by atoms with Crippen LogP contribution >= 0.6 is 11.3 Å². The quantitative estimate of drug-likeness (QED) is 0.606. The van der Waals surface area contributed by atoms with E-state index in [2.05, 4.69) is 22.5 Å². The number of anilines is 1. The number of thiophene rings is 1. The predicted octanol–water partition coefficient (Wildman–Crippen LogP) is 2.54. The molecule has 1 saturated heterocycles. The predicted molar refractivity (Wildman–Crippen MR) is 136 cm³/mol. The molecular weight excluding hydrogens is 488 g/mol. The normalized spacial score (nSPS) is 21.4. The van der Waals surface area contributed by atoms with Gasteiger partial charge in [0.1, 0.15) is 5.00 Å². The number of benzene rings is 1. The van der Waals surface area contributed by atoms with Crippen LogP contribution in [0.15, 0.2) is 29.2 Å². The van der Waals surface area contributed by atoms with Crippen LogP contribution in [-0.2, 0) is 27.7 Å². The summed E-state index contributed by atoms with van der Waals surface area (Å²) >= 11 is 1.43. The Morgan fingerprint density at radius 1 is 1.11 bits per heavy atom. The summed E-state index contributed by atoms with van der Waals surface area (Å²) in [6, 6.07) is 5.91. The topological polar surface area (TPSA) is 108 Å². The van der Waals surface area contributed by atoms with E-state index in [9.17, 15) is 18.0 Å². The average molecular weight is 521 g/mol. The summed E-state index contributed by atoms with van der Waals surface area (Å²) in [4.78, 5) is 29.2. The average Bonchev–Trinajstić information content (AvgIpc) is 3.19. The van der Waals surface area contributed by atoms with Crippen molar-refractivity contribution in [3.8, 4) is 0 Å². The molecule has 0 spiro atoms. The lowest BCUT2D eigenvalue weighted by molar-refractivity contribution is -0.0440. The number of amides is 2. The highest BCUT2D eigenvalue weighted by Crippen LogP contribution is 2.37. The van der Waals surface area contributed by atoms with Crippen LogP contribution in [0.1, 0.15) is 51.9 Å². The summed E-state index contributed by atoms with van der Waals surface area (Å²) in [5, 5.41) is 6.09. The largest absolute Gasteiger partial charge is 0.373 e. The Bertz CT molecular complexity index is 1200. The fraction of sp³-hybridized carbons (Fsp3) is 0.500. The number of fused-ring (bicyclic) bond motifs is 1. The number of sulfonamides is 1. The van der Waals surface area contributed by atoms with E-state index in [1.165, 1.54) is 39.9 Å². The van der Waals surface area contributed by atoms with Gasteiger partial charge in [0.15, 0.2) is 0 Å². The van der Waals surface area contributed by atoms with Crippen molar-refractivity contribution in [2.75, 3.05) is 38.5 Å². The molecule has 2 amide bonds. The van der Waals surface area contributed by atoms with Crippen LogP contribution in [0.5, 0.6) is 0 Å². The number of carbonyl (C=O) groups is 2. The summed E-state index contributed by atoms with van der Waals surface area (Å²) in [6.07, 6.45) is 0.382.